The van der Waals surface area contributed by atoms with E-state index in [-0.39, 0.29) is 24.5 Å². The van der Waals surface area contributed by atoms with E-state index in [1.165, 1.54) is 0 Å². The molecule has 150 valence electrons. The van der Waals surface area contributed by atoms with Gasteiger partial charge < -0.3 is 9.64 Å². The number of piperidine rings is 1. The molecular formula is C18H23Cl2NO5S. The van der Waals surface area contributed by atoms with E-state index in [1.54, 1.807) is 17.0 Å². The molecule has 1 heterocycles. The van der Waals surface area contributed by atoms with E-state index in [1.807, 2.05) is 26.8 Å². The summed E-state index contributed by atoms with van der Waals surface area (Å²) in [5, 5.41) is 0.868. The Morgan fingerprint density at radius 3 is 2.52 bits per heavy atom. The molecule has 0 radical (unpaired) electrons. The summed E-state index contributed by atoms with van der Waals surface area (Å²) in [5.74, 6) is 0.0483. The van der Waals surface area contributed by atoms with E-state index in [4.69, 9.17) is 32.1 Å². The van der Waals surface area contributed by atoms with Gasteiger partial charge in [-0.1, -0.05) is 29.3 Å². The molecule has 1 aliphatic heterocycles. The summed E-state index contributed by atoms with van der Waals surface area (Å²) >= 11 is 12.2. The molecule has 6 nitrogen and oxygen atoms in total. The number of carbonyl (C=O) groups is 1. The Bertz CT molecular complexity index is 867. The lowest BCUT2D eigenvalue weighted by Crippen LogP contribution is -2.39. The smallest absolute Gasteiger partial charge is 0.410 e. The second kappa shape index (κ2) is 6.79. The lowest BCUT2D eigenvalue weighted by Gasteiger charge is -2.28. The van der Waals surface area contributed by atoms with Crippen LogP contribution in [0.2, 0.25) is 10.0 Å². The molecule has 2 fully saturated rings. The summed E-state index contributed by atoms with van der Waals surface area (Å²) in [5.41, 5.74) is -0.0649. The fourth-order valence-electron chi connectivity index (χ4n) is 3.98. The molecule has 2 aliphatic rings. The number of benzene rings is 1. The van der Waals surface area contributed by atoms with Crippen molar-refractivity contribution in [1.82, 2.24) is 4.90 Å². The van der Waals surface area contributed by atoms with Crippen molar-refractivity contribution in [3.8, 4) is 0 Å². The van der Waals surface area contributed by atoms with E-state index >= 15 is 0 Å². The van der Waals surface area contributed by atoms with Gasteiger partial charge in [-0.15, -0.1) is 0 Å². The van der Waals surface area contributed by atoms with Crippen molar-refractivity contribution in [2.75, 3.05) is 26.0 Å². The second-order valence-corrected chi connectivity index (χ2v) is 10.7. The number of fused-ring (bicyclic) bond motifs is 1. The third kappa shape index (κ3) is 4.21. The normalized spacial score (nSPS) is 27.4. The average molecular weight is 436 g/mol. The maximum absolute atomic E-state index is 12.5. The predicted octanol–water partition coefficient (Wildman–Crippen LogP) is 3.70. The Morgan fingerprint density at radius 2 is 1.96 bits per heavy atom. The standard InChI is InChI=1S/C18H23Cl2NO5S/c1-17(2,3)26-16(22)21-8-12-13(9-25-27(4,23)24)18(12,10-21)11-5-6-14(19)15(20)7-11/h5-7,12-13H,8-10H2,1-4H3/t12-,13-,18+/m0/s1. The van der Waals surface area contributed by atoms with E-state index in [9.17, 15) is 13.2 Å². The lowest BCUT2D eigenvalue weighted by molar-refractivity contribution is 0.0255. The summed E-state index contributed by atoms with van der Waals surface area (Å²) in [6, 6.07) is 5.38. The molecular weight excluding hydrogens is 413 g/mol. The first-order valence-electron chi connectivity index (χ1n) is 8.61. The van der Waals surface area contributed by atoms with E-state index < -0.39 is 21.1 Å². The number of ether oxygens (including phenoxy) is 1. The SMILES string of the molecule is CC(C)(C)OC(=O)N1C[C@H]2[C@H](COS(C)(=O)=O)[C@@]2(c2ccc(Cl)c(Cl)c2)C1. The van der Waals surface area contributed by atoms with Gasteiger partial charge in [-0.3, -0.25) is 4.18 Å². The van der Waals surface area contributed by atoms with Gasteiger partial charge in [-0.25, -0.2) is 4.79 Å². The van der Waals surface area contributed by atoms with Crippen molar-refractivity contribution in [1.29, 1.82) is 0 Å². The molecule has 1 saturated carbocycles. The maximum atomic E-state index is 12.5. The first-order chi connectivity index (χ1) is 12.3. The topological polar surface area (TPSA) is 72.9 Å². The van der Waals surface area contributed by atoms with Crippen LogP contribution in [0.3, 0.4) is 0 Å². The summed E-state index contributed by atoms with van der Waals surface area (Å²) in [6.45, 7) is 6.43. The molecule has 1 aliphatic carbocycles. The number of carbonyl (C=O) groups excluding carboxylic acids is 1. The maximum Gasteiger partial charge on any atom is 0.410 e. The minimum atomic E-state index is -3.54. The summed E-state index contributed by atoms with van der Waals surface area (Å²) < 4.78 is 33.3. The van der Waals surface area contributed by atoms with Gasteiger partial charge >= 0.3 is 6.09 Å². The van der Waals surface area contributed by atoms with Crippen LogP contribution in [0.25, 0.3) is 0 Å². The molecule has 27 heavy (non-hydrogen) atoms. The summed E-state index contributed by atoms with van der Waals surface area (Å²) in [6.07, 6.45) is 0.654. The minimum Gasteiger partial charge on any atom is -0.444 e. The van der Waals surface area contributed by atoms with Crippen LogP contribution >= 0.6 is 23.2 Å². The van der Waals surface area contributed by atoms with Gasteiger partial charge in [0.2, 0.25) is 0 Å². The van der Waals surface area contributed by atoms with Crippen molar-refractivity contribution < 1.29 is 22.1 Å². The first kappa shape index (κ1) is 20.7. The highest BCUT2D eigenvalue weighted by Gasteiger charge is 2.70. The van der Waals surface area contributed by atoms with Crippen LogP contribution in [0, 0.1) is 11.8 Å². The summed E-state index contributed by atoms with van der Waals surface area (Å²) in [7, 11) is -3.54. The molecule has 0 spiro atoms. The van der Waals surface area contributed by atoms with Crippen LogP contribution in [-0.2, 0) is 24.5 Å². The third-order valence-electron chi connectivity index (χ3n) is 5.14. The van der Waals surface area contributed by atoms with Gasteiger partial charge in [-0.2, -0.15) is 8.42 Å². The first-order valence-corrected chi connectivity index (χ1v) is 11.2. The number of hydrogen-bond acceptors (Lipinski definition) is 5. The number of halogens is 2. The number of amides is 1. The predicted molar refractivity (Wildman–Crippen MR) is 104 cm³/mol. The fourth-order valence-corrected chi connectivity index (χ4v) is 4.67. The van der Waals surface area contributed by atoms with Gasteiger partial charge in [0.1, 0.15) is 5.60 Å². The van der Waals surface area contributed by atoms with Gasteiger partial charge in [0.15, 0.2) is 0 Å². The highest BCUT2D eigenvalue weighted by Crippen LogP contribution is 2.64. The Kier molecular flexibility index (Phi) is 5.21. The fraction of sp³-hybridized carbons (Fsp3) is 0.611. The molecule has 0 bridgehead atoms. The highest BCUT2D eigenvalue weighted by molar-refractivity contribution is 7.85. The zero-order valence-electron chi connectivity index (χ0n) is 15.7. The minimum absolute atomic E-state index is 0.0249. The Morgan fingerprint density at radius 1 is 1.30 bits per heavy atom. The molecule has 1 aromatic carbocycles. The van der Waals surface area contributed by atoms with Crippen LogP contribution in [0.4, 0.5) is 4.79 Å². The van der Waals surface area contributed by atoms with Gasteiger partial charge in [0.05, 0.1) is 22.9 Å². The number of rotatable bonds is 4. The van der Waals surface area contributed by atoms with Crippen LogP contribution < -0.4 is 0 Å². The van der Waals surface area contributed by atoms with Gasteiger partial charge in [0, 0.05) is 24.4 Å². The highest BCUT2D eigenvalue weighted by atomic mass is 35.5. The second-order valence-electron chi connectivity index (χ2n) is 8.23. The third-order valence-corrected chi connectivity index (χ3v) is 6.44. The zero-order valence-corrected chi connectivity index (χ0v) is 18.0. The average Bonchev–Trinajstić information content (AvgIpc) is 2.92. The molecule has 1 aromatic rings. The lowest BCUT2D eigenvalue weighted by atomic mass is 9.93. The Hall–Kier alpha value is -1.02. The molecule has 1 amide bonds. The summed E-state index contributed by atoms with van der Waals surface area (Å²) in [4.78, 5) is 14.1. The molecule has 9 heteroatoms. The number of nitrogens with zero attached hydrogens (tertiary/aromatic N) is 1. The number of hydrogen-bond donors (Lipinski definition) is 0. The van der Waals surface area contributed by atoms with Crippen LogP contribution in [0.5, 0.6) is 0 Å². The van der Waals surface area contributed by atoms with Crippen molar-refractivity contribution in [3.05, 3.63) is 33.8 Å². The molecule has 3 atom stereocenters. The van der Waals surface area contributed by atoms with Gasteiger partial charge in [0.25, 0.3) is 10.1 Å². The molecule has 1 saturated heterocycles. The Labute approximate surface area is 169 Å². The van der Waals surface area contributed by atoms with Crippen LogP contribution in [-0.4, -0.2) is 51.0 Å². The van der Waals surface area contributed by atoms with Crippen molar-refractivity contribution in [2.24, 2.45) is 11.8 Å². The van der Waals surface area contributed by atoms with E-state index in [0.717, 1.165) is 11.8 Å². The van der Waals surface area contributed by atoms with Gasteiger partial charge in [-0.05, 0) is 44.4 Å². The quantitative estimate of drug-likeness (QED) is 0.673. The number of likely N-dealkylation sites (tertiary alicyclic amines) is 1. The monoisotopic (exact) mass is 435 g/mol. The molecule has 0 N–H and O–H groups in total. The van der Waals surface area contributed by atoms with Crippen molar-refractivity contribution >= 4 is 39.4 Å². The van der Waals surface area contributed by atoms with E-state index in [0.29, 0.717) is 23.1 Å². The zero-order chi connectivity index (χ0) is 20.2. The largest absolute Gasteiger partial charge is 0.444 e. The molecule has 0 aromatic heterocycles. The van der Waals surface area contributed by atoms with Crippen LogP contribution in [0.1, 0.15) is 26.3 Å². The van der Waals surface area contributed by atoms with Crippen LogP contribution in [0.15, 0.2) is 18.2 Å². The Balaban J connectivity index is 1.85. The van der Waals surface area contributed by atoms with Crippen molar-refractivity contribution in [2.45, 2.75) is 31.8 Å². The molecule has 3 rings (SSSR count). The van der Waals surface area contributed by atoms with Crippen molar-refractivity contribution in [3.63, 3.8) is 0 Å². The molecule has 0 unspecified atom stereocenters. The van der Waals surface area contributed by atoms with E-state index in [2.05, 4.69) is 0 Å².